The molecule has 6 heteroatoms. The Kier molecular flexibility index (Phi) is 3.03. The Morgan fingerprint density at radius 1 is 1.33 bits per heavy atom. The maximum Gasteiger partial charge on any atom is 0.252 e. The molecular formula is C15H17N5O. The van der Waals surface area contributed by atoms with Crippen LogP contribution in [0.4, 0.5) is 5.82 Å². The number of nitrogen functional groups attached to an aromatic ring is 1. The summed E-state index contributed by atoms with van der Waals surface area (Å²) in [5.74, 6) is -0.436. The number of carbonyl (C=O) groups is 1. The number of anilines is 1. The number of primary amides is 1. The molecule has 0 fully saturated rings. The van der Waals surface area contributed by atoms with Gasteiger partial charge in [0.2, 0.25) is 0 Å². The van der Waals surface area contributed by atoms with Crippen LogP contribution in [-0.2, 0) is 6.54 Å². The van der Waals surface area contributed by atoms with E-state index in [0.29, 0.717) is 6.54 Å². The van der Waals surface area contributed by atoms with Crippen molar-refractivity contribution in [2.45, 2.75) is 19.5 Å². The molecule has 1 aromatic carbocycles. The van der Waals surface area contributed by atoms with Crippen molar-refractivity contribution in [1.29, 1.82) is 0 Å². The van der Waals surface area contributed by atoms with Crippen molar-refractivity contribution in [2.24, 2.45) is 11.5 Å². The zero-order valence-electron chi connectivity index (χ0n) is 11.7. The maximum atomic E-state index is 11.5. The number of benzene rings is 1. The first kappa shape index (κ1) is 13.4. The molecule has 0 spiro atoms. The first-order chi connectivity index (χ1) is 9.99. The largest absolute Gasteiger partial charge is 0.383 e. The second-order valence-electron chi connectivity index (χ2n) is 5.26. The lowest BCUT2D eigenvalue weighted by atomic mass is 10.1. The number of rotatable bonds is 3. The van der Waals surface area contributed by atoms with Crippen molar-refractivity contribution in [3.63, 3.8) is 0 Å². The Morgan fingerprint density at radius 2 is 2.05 bits per heavy atom. The lowest BCUT2D eigenvalue weighted by Gasteiger charge is -2.10. The summed E-state index contributed by atoms with van der Waals surface area (Å²) in [7, 11) is 0. The highest BCUT2D eigenvalue weighted by atomic mass is 16.1. The minimum atomic E-state index is -0.578. The van der Waals surface area contributed by atoms with Gasteiger partial charge >= 0.3 is 0 Å². The molecular weight excluding hydrogens is 266 g/mol. The van der Waals surface area contributed by atoms with Crippen molar-refractivity contribution in [2.75, 3.05) is 5.73 Å². The van der Waals surface area contributed by atoms with Crippen LogP contribution in [0.3, 0.4) is 0 Å². The molecule has 21 heavy (non-hydrogen) atoms. The zero-order valence-corrected chi connectivity index (χ0v) is 11.7. The van der Waals surface area contributed by atoms with Crippen LogP contribution in [-0.4, -0.2) is 21.5 Å². The fourth-order valence-corrected chi connectivity index (χ4v) is 2.64. The van der Waals surface area contributed by atoms with Crippen molar-refractivity contribution in [3.05, 3.63) is 35.9 Å². The molecule has 1 amide bonds. The smallest absolute Gasteiger partial charge is 0.252 e. The van der Waals surface area contributed by atoms with Gasteiger partial charge in [0.1, 0.15) is 11.5 Å². The van der Waals surface area contributed by atoms with E-state index in [-0.39, 0.29) is 17.4 Å². The lowest BCUT2D eigenvalue weighted by molar-refractivity contribution is 0.100. The van der Waals surface area contributed by atoms with Crippen LogP contribution in [0.5, 0.6) is 0 Å². The summed E-state index contributed by atoms with van der Waals surface area (Å²) in [6, 6.07) is 9.57. The summed E-state index contributed by atoms with van der Waals surface area (Å²) >= 11 is 0. The third kappa shape index (κ3) is 2.09. The number of para-hydroxylation sites is 1. The van der Waals surface area contributed by atoms with Crippen molar-refractivity contribution in [3.8, 4) is 0 Å². The topological polar surface area (TPSA) is 113 Å². The highest BCUT2D eigenvalue weighted by Crippen LogP contribution is 2.30. The van der Waals surface area contributed by atoms with E-state index in [1.807, 2.05) is 35.8 Å². The average molecular weight is 283 g/mol. The van der Waals surface area contributed by atoms with Crippen LogP contribution in [0.1, 0.15) is 17.3 Å². The Bertz CT molecular complexity index is 850. The van der Waals surface area contributed by atoms with Crippen molar-refractivity contribution < 1.29 is 4.79 Å². The van der Waals surface area contributed by atoms with Crippen LogP contribution in [0, 0.1) is 0 Å². The second-order valence-corrected chi connectivity index (χ2v) is 5.26. The predicted molar refractivity (Wildman–Crippen MR) is 83.8 cm³/mol. The van der Waals surface area contributed by atoms with Crippen molar-refractivity contribution in [1.82, 2.24) is 9.55 Å². The predicted octanol–water partition coefficient (Wildman–Crippen LogP) is 1.22. The van der Waals surface area contributed by atoms with E-state index in [1.54, 1.807) is 6.07 Å². The zero-order chi connectivity index (χ0) is 15.1. The van der Waals surface area contributed by atoms with E-state index < -0.39 is 5.91 Å². The van der Waals surface area contributed by atoms with E-state index in [0.717, 1.165) is 21.9 Å². The van der Waals surface area contributed by atoms with Gasteiger partial charge in [-0.05, 0) is 19.1 Å². The summed E-state index contributed by atoms with van der Waals surface area (Å²) in [6.07, 6.45) is 0. The minimum absolute atomic E-state index is 0.0251. The van der Waals surface area contributed by atoms with Gasteiger partial charge in [-0.3, -0.25) is 4.79 Å². The Morgan fingerprint density at radius 3 is 2.71 bits per heavy atom. The van der Waals surface area contributed by atoms with Crippen LogP contribution in [0.2, 0.25) is 0 Å². The third-order valence-corrected chi connectivity index (χ3v) is 3.51. The van der Waals surface area contributed by atoms with Crippen molar-refractivity contribution >= 4 is 33.7 Å². The van der Waals surface area contributed by atoms with Gasteiger partial charge in [0.15, 0.2) is 0 Å². The number of aromatic nitrogens is 2. The molecule has 1 atom stereocenters. The monoisotopic (exact) mass is 283 g/mol. The van der Waals surface area contributed by atoms with Gasteiger partial charge < -0.3 is 21.8 Å². The number of hydrogen-bond donors (Lipinski definition) is 3. The first-order valence-corrected chi connectivity index (χ1v) is 6.72. The molecule has 3 rings (SSSR count). The summed E-state index contributed by atoms with van der Waals surface area (Å²) in [5, 5.41) is 1.86. The second kappa shape index (κ2) is 4.75. The molecule has 0 saturated carbocycles. The summed E-state index contributed by atoms with van der Waals surface area (Å²) in [4.78, 5) is 15.8. The molecule has 6 N–H and O–H groups in total. The lowest BCUT2D eigenvalue weighted by Crippen LogP contribution is -2.22. The molecule has 0 aliphatic heterocycles. The maximum absolute atomic E-state index is 11.5. The molecule has 0 aliphatic rings. The summed E-state index contributed by atoms with van der Waals surface area (Å²) < 4.78 is 2.02. The van der Waals surface area contributed by atoms with Gasteiger partial charge in [-0.2, -0.15) is 0 Å². The Labute approximate surface area is 121 Å². The number of fused-ring (bicyclic) bond motifs is 3. The van der Waals surface area contributed by atoms with Crippen LogP contribution >= 0.6 is 0 Å². The molecule has 2 aromatic heterocycles. The summed E-state index contributed by atoms with van der Waals surface area (Å²) in [6.45, 7) is 2.55. The Balaban J connectivity index is 2.43. The first-order valence-electron chi connectivity index (χ1n) is 6.72. The molecule has 3 aromatic rings. The van der Waals surface area contributed by atoms with Crippen LogP contribution in [0.25, 0.3) is 21.9 Å². The molecule has 0 aliphatic carbocycles. The van der Waals surface area contributed by atoms with Gasteiger partial charge in [0.25, 0.3) is 5.91 Å². The van der Waals surface area contributed by atoms with Gasteiger partial charge in [-0.25, -0.2) is 4.98 Å². The van der Waals surface area contributed by atoms with Crippen LogP contribution < -0.4 is 17.2 Å². The molecule has 1 unspecified atom stereocenters. The number of carbonyl (C=O) groups excluding carboxylic acids is 1. The van der Waals surface area contributed by atoms with Gasteiger partial charge in [0.05, 0.1) is 11.1 Å². The van der Waals surface area contributed by atoms with E-state index in [4.69, 9.17) is 17.2 Å². The minimum Gasteiger partial charge on any atom is -0.383 e. The molecule has 2 heterocycles. The molecule has 0 bridgehead atoms. The standard InChI is InChI=1S/C15H17N5O/c1-8(16)7-20-12-5-3-2-4-9(12)10-6-11(14(18)21)13(17)19-15(10)20/h2-6,8H,7,16H2,1H3,(H2,17,19)(H2,18,21). The van der Waals surface area contributed by atoms with E-state index in [1.165, 1.54) is 0 Å². The number of pyridine rings is 1. The Hall–Kier alpha value is -2.60. The van der Waals surface area contributed by atoms with E-state index in [9.17, 15) is 4.79 Å². The van der Waals surface area contributed by atoms with Gasteiger partial charge in [-0.15, -0.1) is 0 Å². The average Bonchev–Trinajstić information content (AvgIpc) is 2.71. The highest BCUT2D eigenvalue weighted by molar-refractivity contribution is 6.10. The highest BCUT2D eigenvalue weighted by Gasteiger charge is 2.16. The number of hydrogen-bond acceptors (Lipinski definition) is 4. The SMILES string of the molecule is CC(N)Cn1c2ccccc2c2cc(C(N)=O)c(N)nc21. The van der Waals surface area contributed by atoms with Crippen LogP contribution in [0.15, 0.2) is 30.3 Å². The fraction of sp³-hybridized carbons (Fsp3) is 0.200. The number of nitrogens with zero attached hydrogens (tertiary/aromatic N) is 2. The number of nitrogens with two attached hydrogens (primary N) is 3. The summed E-state index contributed by atoms with van der Waals surface area (Å²) in [5.41, 5.74) is 19.1. The molecule has 0 saturated heterocycles. The quantitative estimate of drug-likeness (QED) is 0.670. The third-order valence-electron chi connectivity index (χ3n) is 3.51. The van der Waals surface area contributed by atoms with E-state index >= 15 is 0 Å². The molecule has 6 nitrogen and oxygen atoms in total. The normalized spacial score (nSPS) is 12.9. The molecule has 0 radical (unpaired) electrons. The number of amides is 1. The van der Waals surface area contributed by atoms with E-state index in [2.05, 4.69) is 4.98 Å². The van der Waals surface area contributed by atoms with Gasteiger partial charge in [0, 0.05) is 23.4 Å². The van der Waals surface area contributed by atoms with Gasteiger partial charge in [-0.1, -0.05) is 18.2 Å². The fourth-order valence-electron chi connectivity index (χ4n) is 2.64. The molecule has 108 valence electrons.